The lowest BCUT2D eigenvalue weighted by atomic mass is 10.1. The molecular weight excluding hydrogens is 366 g/mol. The second-order valence-electron chi connectivity index (χ2n) is 5.66. The number of benzene rings is 2. The van der Waals surface area contributed by atoms with Gasteiger partial charge in [-0.05, 0) is 30.7 Å². The number of amides is 1. The monoisotopic (exact) mass is 387 g/mol. The Bertz CT molecular complexity index is 822. The maximum absolute atomic E-state index is 12.4. The molecule has 1 N–H and O–H groups in total. The summed E-state index contributed by atoms with van der Waals surface area (Å²) in [5.41, 5.74) is 1.73. The predicted molar refractivity (Wildman–Crippen MR) is 105 cm³/mol. The van der Waals surface area contributed by atoms with Gasteiger partial charge in [0.1, 0.15) is 0 Å². The number of thioether (sulfide) groups is 1. The van der Waals surface area contributed by atoms with Gasteiger partial charge in [0.25, 0.3) is 0 Å². The molecule has 0 aliphatic heterocycles. The van der Waals surface area contributed by atoms with Crippen molar-refractivity contribution in [1.29, 1.82) is 0 Å². The lowest BCUT2D eigenvalue weighted by molar-refractivity contribution is -0.113. The van der Waals surface area contributed by atoms with Gasteiger partial charge in [0.15, 0.2) is 0 Å². The zero-order chi connectivity index (χ0) is 19.8. The van der Waals surface area contributed by atoms with Crippen LogP contribution in [-0.4, -0.2) is 37.8 Å². The molecule has 0 radical (unpaired) electrons. The van der Waals surface area contributed by atoms with Crippen LogP contribution in [0, 0.1) is 0 Å². The first-order valence-corrected chi connectivity index (χ1v) is 9.28. The number of hydrogen-bond donors (Lipinski definition) is 1. The van der Waals surface area contributed by atoms with Crippen LogP contribution in [0.4, 0.5) is 5.69 Å². The lowest BCUT2D eigenvalue weighted by Crippen LogP contribution is -2.18. The van der Waals surface area contributed by atoms with Crippen molar-refractivity contribution in [3.63, 3.8) is 0 Å². The summed E-state index contributed by atoms with van der Waals surface area (Å²) in [5, 5.41) is 2.82. The number of carbonyl (C=O) groups excluding carboxylic acids is 3. The van der Waals surface area contributed by atoms with Gasteiger partial charge in [-0.3, -0.25) is 4.79 Å². The van der Waals surface area contributed by atoms with Gasteiger partial charge >= 0.3 is 11.9 Å². The molecule has 2 aromatic rings. The standard InChI is InChI=1S/C20H21NO5S/c1-13(14-7-5-4-6-8-14)27-12-18(22)21-17-11-15(19(23)25-2)9-10-16(17)20(24)26-3/h4-11,13H,12H2,1-3H3,(H,21,22). The van der Waals surface area contributed by atoms with E-state index in [1.54, 1.807) is 0 Å². The average molecular weight is 387 g/mol. The van der Waals surface area contributed by atoms with Crippen LogP contribution in [0.1, 0.15) is 38.5 Å². The maximum Gasteiger partial charge on any atom is 0.339 e. The third-order valence-electron chi connectivity index (χ3n) is 3.85. The first-order valence-electron chi connectivity index (χ1n) is 8.23. The Morgan fingerprint density at radius 1 is 1.00 bits per heavy atom. The van der Waals surface area contributed by atoms with Crippen molar-refractivity contribution >= 4 is 35.3 Å². The van der Waals surface area contributed by atoms with E-state index in [2.05, 4.69) is 10.1 Å². The van der Waals surface area contributed by atoms with Gasteiger partial charge in [-0.25, -0.2) is 9.59 Å². The van der Waals surface area contributed by atoms with Crippen molar-refractivity contribution in [2.45, 2.75) is 12.2 Å². The van der Waals surface area contributed by atoms with Crippen molar-refractivity contribution < 1.29 is 23.9 Å². The number of anilines is 1. The van der Waals surface area contributed by atoms with E-state index in [1.807, 2.05) is 37.3 Å². The summed E-state index contributed by atoms with van der Waals surface area (Å²) in [6.07, 6.45) is 0. The van der Waals surface area contributed by atoms with Crippen LogP contribution in [0.2, 0.25) is 0 Å². The molecular formula is C20H21NO5S. The van der Waals surface area contributed by atoms with E-state index in [1.165, 1.54) is 44.2 Å². The Kier molecular flexibility index (Phi) is 7.43. The minimum Gasteiger partial charge on any atom is -0.465 e. The van der Waals surface area contributed by atoms with Crippen molar-refractivity contribution in [2.75, 3.05) is 25.3 Å². The highest BCUT2D eigenvalue weighted by Crippen LogP contribution is 2.28. The average Bonchev–Trinajstić information content (AvgIpc) is 2.71. The third-order valence-corrected chi connectivity index (χ3v) is 5.05. The number of methoxy groups -OCH3 is 2. The number of esters is 2. The molecule has 142 valence electrons. The van der Waals surface area contributed by atoms with E-state index in [0.29, 0.717) is 0 Å². The summed E-state index contributed by atoms with van der Waals surface area (Å²) in [4.78, 5) is 36.0. The Labute approximate surface area is 162 Å². The molecule has 0 aromatic heterocycles. The molecule has 0 saturated carbocycles. The SMILES string of the molecule is COC(=O)c1ccc(C(=O)OC)c(NC(=O)CSC(C)c2ccccc2)c1. The number of hydrogen-bond acceptors (Lipinski definition) is 6. The molecule has 6 nitrogen and oxygen atoms in total. The normalized spacial score (nSPS) is 11.4. The first kappa shape index (κ1) is 20.5. The molecule has 1 atom stereocenters. The fourth-order valence-corrected chi connectivity index (χ4v) is 3.21. The zero-order valence-corrected chi connectivity index (χ0v) is 16.2. The minimum absolute atomic E-state index is 0.137. The Morgan fingerprint density at radius 2 is 1.67 bits per heavy atom. The number of rotatable bonds is 7. The number of carbonyl (C=O) groups is 3. The van der Waals surface area contributed by atoms with Gasteiger partial charge < -0.3 is 14.8 Å². The lowest BCUT2D eigenvalue weighted by Gasteiger charge is -2.13. The summed E-state index contributed by atoms with van der Waals surface area (Å²) in [5.74, 6) is -1.25. The summed E-state index contributed by atoms with van der Waals surface area (Å²) in [6, 6.07) is 14.1. The van der Waals surface area contributed by atoms with E-state index >= 15 is 0 Å². The zero-order valence-electron chi connectivity index (χ0n) is 15.4. The smallest absolute Gasteiger partial charge is 0.339 e. The third kappa shape index (κ3) is 5.59. The van der Waals surface area contributed by atoms with Crippen LogP contribution in [0.15, 0.2) is 48.5 Å². The van der Waals surface area contributed by atoms with Gasteiger partial charge in [-0.15, -0.1) is 11.8 Å². The van der Waals surface area contributed by atoms with Gasteiger partial charge in [-0.1, -0.05) is 30.3 Å². The van der Waals surface area contributed by atoms with Crippen LogP contribution in [0.25, 0.3) is 0 Å². The van der Waals surface area contributed by atoms with Crippen LogP contribution < -0.4 is 5.32 Å². The van der Waals surface area contributed by atoms with Crippen LogP contribution in [0.3, 0.4) is 0 Å². The van der Waals surface area contributed by atoms with Gasteiger partial charge in [0, 0.05) is 5.25 Å². The second kappa shape index (κ2) is 9.78. The topological polar surface area (TPSA) is 81.7 Å². The van der Waals surface area contributed by atoms with Crippen molar-refractivity contribution in [1.82, 2.24) is 0 Å². The van der Waals surface area contributed by atoms with Crippen molar-refractivity contribution in [3.8, 4) is 0 Å². The Morgan fingerprint density at radius 3 is 2.30 bits per heavy atom. The molecule has 0 spiro atoms. The van der Waals surface area contributed by atoms with Crippen LogP contribution in [-0.2, 0) is 14.3 Å². The van der Waals surface area contributed by atoms with E-state index in [9.17, 15) is 14.4 Å². The quantitative estimate of drug-likeness (QED) is 0.730. The predicted octanol–water partition coefficient (Wildman–Crippen LogP) is 3.69. The maximum atomic E-state index is 12.4. The molecule has 1 unspecified atom stereocenters. The molecule has 0 aliphatic carbocycles. The van der Waals surface area contributed by atoms with Crippen LogP contribution in [0.5, 0.6) is 0 Å². The molecule has 2 aromatic carbocycles. The molecule has 2 rings (SSSR count). The van der Waals surface area contributed by atoms with E-state index in [0.717, 1.165) is 5.56 Å². The van der Waals surface area contributed by atoms with Gasteiger partial charge in [-0.2, -0.15) is 0 Å². The second-order valence-corrected chi connectivity index (χ2v) is 6.98. The summed E-state index contributed by atoms with van der Waals surface area (Å²) in [6.45, 7) is 2.02. The summed E-state index contributed by atoms with van der Waals surface area (Å²) in [7, 11) is 2.51. The molecule has 0 saturated heterocycles. The van der Waals surface area contributed by atoms with E-state index in [-0.39, 0.29) is 33.7 Å². The molecule has 7 heteroatoms. The van der Waals surface area contributed by atoms with Crippen LogP contribution >= 0.6 is 11.8 Å². The minimum atomic E-state index is -0.605. The Hall–Kier alpha value is -2.80. The van der Waals surface area contributed by atoms with E-state index < -0.39 is 11.9 Å². The fourth-order valence-electron chi connectivity index (χ4n) is 2.39. The number of ether oxygens (including phenoxy) is 2. The van der Waals surface area contributed by atoms with E-state index in [4.69, 9.17) is 4.74 Å². The highest BCUT2D eigenvalue weighted by atomic mass is 32.2. The van der Waals surface area contributed by atoms with Gasteiger partial charge in [0.2, 0.25) is 5.91 Å². The number of nitrogens with one attached hydrogen (secondary N) is 1. The molecule has 0 bridgehead atoms. The van der Waals surface area contributed by atoms with Crippen molar-refractivity contribution in [2.24, 2.45) is 0 Å². The van der Waals surface area contributed by atoms with Gasteiger partial charge in [0.05, 0.1) is 36.8 Å². The largest absolute Gasteiger partial charge is 0.465 e. The summed E-state index contributed by atoms with van der Waals surface area (Å²) < 4.78 is 9.41. The summed E-state index contributed by atoms with van der Waals surface area (Å²) >= 11 is 1.47. The molecule has 0 fully saturated rings. The van der Waals surface area contributed by atoms with Crippen molar-refractivity contribution in [3.05, 3.63) is 65.2 Å². The molecule has 0 aliphatic rings. The Balaban J connectivity index is 2.10. The fraction of sp³-hybridized carbons (Fsp3) is 0.250. The molecule has 0 heterocycles. The highest BCUT2D eigenvalue weighted by Gasteiger charge is 2.18. The first-order chi connectivity index (χ1) is 13.0. The highest BCUT2D eigenvalue weighted by molar-refractivity contribution is 8.00. The molecule has 1 amide bonds. The molecule has 27 heavy (non-hydrogen) atoms.